The number of amides is 2. The molecule has 2 rings (SSSR count). The van der Waals surface area contributed by atoms with Crippen molar-refractivity contribution in [2.45, 2.75) is 51.0 Å². The maximum absolute atomic E-state index is 12.2. The summed E-state index contributed by atoms with van der Waals surface area (Å²) in [4.78, 5) is 17.2. The van der Waals surface area contributed by atoms with E-state index < -0.39 is 0 Å². The molecule has 2 aliphatic heterocycles. The number of aliphatic hydroxyl groups excluding tert-OH is 1. The molecule has 0 bridgehead atoms. The lowest BCUT2D eigenvalue weighted by molar-refractivity contribution is 0.0162. The lowest BCUT2D eigenvalue weighted by Gasteiger charge is -2.50. The van der Waals surface area contributed by atoms with Gasteiger partial charge in [-0.25, -0.2) is 4.79 Å². The van der Waals surface area contributed by atoms with Crippen LogP contribution in [0.4, 0.5) is 4.79 Å². The summed E-state index contributed by atoms with van der Waals surface area (Å²) in [7, 11) is 2.18. The Morgan fingerprint density at radius 3 is 2.42 bits per heavy atom. The molecule has 6 nitrogen and oxygen atoms in total. The van der Waals surface area contributed by atoms with Gasteiger partial charge in [-0.3, -0.25) is 4.90 Å². The van der Waals surface area contributed by atoms with Crippen molar-refractivity contribution in [3.8, 4) is 0 Å². The number of hydrogen-bond acceptors (Lipinski definition) is 4. The first kappa shape index (κ1) is 19.5. The lowest BCUT2D eigenvalue weighted by atomic mass is 9.84. The zero-order valence-corrected chi connectivity index (χ0v) is 15.5. The maximum atomic E-state index is 12.2. The highest BCUT2D eigenvalue weighted by atomic mass is 16.3. The number of nitrogens with one attached hydrogen (secondary N) is 2. The van der Waals surface area contributed by atoms with Gasteiger partial charge in [0, 0.05) is 25.2 Å². The van der Waals surface area contributed by atoms with Crippen molar-refractivity contribution in [3.05, 3.63) is 0 Å². The van der Waals surface area contributed by atoms with E-state index in [9.17, 15) is 4.79 Å². The first-order valence-corrected chi connectivity index (χ1v) is 9.62. The van der Waals surface area contributed by atoms with E-state index in [1.165, 1.54) is 32.4 Å². The molecule has 2 aliphatic rings. The molecule has 1 atom stereocenters. The van der Waals surface area contributed by atoms with E-state index in [-0.39, 0.29) is 18.2 Å². The molecule has 140 valence electrons. The summed E-state index contributed by atoms with van der Waals surface area (Å²) in [5.74, 6) is 0.306. The van der Waals surface area contributed by atoms with Crippen molar-refractivity contribution in [2.24, 2.45) is 5.92 Å². The standard InChI is InChI=1S/C18H36N4O2/c1-16(6-13-23)14-19-17(24)20-15-18(7-11-21(2)12-8-18)22-9-4-3-5-10-22/h16,23H,3-15H2,1-2H3,(H2,19,20,24). The van der Waals surface area contributed by atoms with Crippen LogP contribution in [0, 0.1) is 5.92 Å². The van der Waals surface area contributed by atoms with Gasteiger partial charge in [-0.1, -0.05) is 13.3 Å². The smallest absolute Gasteiger partial charge is 0.314 e. The van der Waals surface area contributed by atoms with Gasteiger partial charge in [0.25, 0.3) is 0 Å². The minimum absolute atomic E-state index is 0.0740. The third-order valence-electron chi connectivity index (χ3n) is 5.76. The highest BCUT2D eigenvalue weighted by Crippen LogP contribution is 2.30. The van der Waals surface area contributed by atoms with Gasteiger partial charge in [-0.15, -0.1) is 0 Å². The maximum Gasteiger partial charge on any atom is 0.314 e. The molecule has 0 aromatic carbocycles. The van der Waals surface area contributed by atoms with Gasteiger partial charge in [0.15, 0.2) is 0 Å². The Hall–Kier alpha value is -0.850. The van der Waals surface area contributed by atoms with Crippen LogP contribution in [0.5, 0.6) is 0 Å². The van der Waals surface area contributed by atoms with Crippen LogP contribution in [0.2, 0.25) is 0 Å². The number of carbonyl (C=O) groups excluding carboxylic acids is 1. The quantitative estimate of drug-likeness (QED) is 0.653. The zero-order chi connectivity index (χ0) is 17.4. The molecule has 2 fully saturated rings. The minimum atomic E-state index is -0.0740. The van der Waals surface area contributed by atoms with Gasteiger partial charge >= 0.3 is 6.03 Å². The van der Waals surface area contributed by atoms with E-state index in [2.05, 4.69) is 27.5 Å². The fourth-order valence-electron chi connectivity index (χ4n) is 3.90. The Labute approximate surface area is 147 Å². The van der Waals surface area contributed by atoms with Gasteiger partial charge in [0.1, 0.15) is 0 Å². The fraction of sp³-hybridized carbons (Fsp3) is 0.944. The van der Waals surface area contributed by atoms with E-state index >= 15 is 0 Å². The third kappa shape index (κ3) is 5.60. The molecule has 0 radical (unpaired) electrons. The van der Waals surface area contributed by atoms with E-state index in [1.54, 1.807) is 0 Å². The van der Waals surface area contributed by atoms with Crippen LogP contribution < -0.4 is 10.6 Å². The molecular formula is C18H36N4O2. The minimum Gasteiger partial charge on any atom is -0.396 e. The van der Waals surface area contributed by atoms with E-state index in [0.29, 0.717) is 12.5 Å². The molecule has 0 spiro atoms. The number of urea groups is 1. The van der Waals surface area contributed by atoms with Gasteiger partial charge in [-0.2, -0.15) is 0 Å². The molecule has 2 heterocycles. The average molecular weight is 341 g/mol. The summed E-state index contributed by atoms with van der Waals surface area (Å²) >= 11 is 0. The Balaban J connectivity index is 1.85. The molecule has 2 amide bonds. The molecule has 0 aromatic rings. The molecule has 1 unspecified atom stereocenters. The van der Waals surface area contributed by atoms with Crippen molar-refractivity contribution in [3.63, 3.8) is 0 Å². The first-order valence-electron chi connectivity index (χ1n) is 9.62. The van der Waals surface area contributed by atoms with Crippen molar-refractivity contribution in [1.82, 2.24) is 20.4 Å². The number of nitrogens with zero attached hydrogens (tertiary/aromatic N) is 2. The number of carbonyl (C=O) groups is 1. The second kappa shape index (κ2) is 9.59. The predicted molar refractivity (Wildman–Crippen MR) is 97.2 cm³/mol. The Morgan fingerprint density at radius 1 is 1.12 bits per heavy atom. The van der Waals surface area contributed by atoms with Gasteiger partial charge < -0.3 is 20.6 Å². The van der Waals surface area contributed by atoms with Gasteiger partial charge in [-0.05, 0) is 71.2 Å². The second-order valence-electron chi connectivity index (χ2n) is 7.76. The SMILES string of the molecule is CC(CCO)CNC(=O)NCC1(N2CCCCC2)CCN(C)CC1. The predicted octanol–water partition coefficient (Wildman–Crippen LogP) is 1.25. The van der Waals surface area contributed by atoms with Crippen LogP contribution in [0.1, 0.15) is 45.4 Å². The average Bonchev–Trinajstić information content (AvgIpc) is 2.61. The highest BCUT2D eigenvalue weighted by molar-refractivity contribution is 5.73. The normalized spacial score (nSPS) is 23.6. The molecule has 0 aromatic heterocycles. The third-order valence-corrected chi connectivity index (χ3v) is 5.76. The van der Waals surface area contributed by atoms with Gasteiger partial charge in [0.2, 0.25) is 0 Å². The van der Waals surface area contributed by atoms with Crippen LogP contribution in [0.15, 0.2) is 0 Å². The van der Waals surface area contributed by atoms with Crippen LogP contribution in [0.3, 0.4) is 0 Å². The van der Waals surface area contributed by atoms with Crippen molar-refractivity contribution < 1.29 is 9.90 Å². The summed E-state index contributed by atoms with van der Waals surface area (Å²) in [6.07, 6.45) is 6.88. The van der Waals surface area contributed by atoms with E-state index in [4.69, 9.17) is 5.11 Å². The molecule has 3 N–H and O–H groups in total. The van der Waals surface area contributed by atoms with Crippen molar-refractivity contribution in [2.75, 3.05) is 52.9 Å². The van der Waals surface area contributed by atoms with Crippen LogP contribution >= 0.6 is 0 Å². The Kier molecular flexibility index (Phi) is 7.78. The largest absolute Gasteiger partial charge is 0.396 e. The number of aliphatic hydroxyl groups is 1. The van der Waals surface area contributed by atoms with Crippen LogP contribution in [-0.4, -0.2) is 79.4 Å². The fourth-order valence-corrected chi connectivity index (χ4v) is 3.90. The second-order valence-corrected chi connectivity index (χ2v) is 7.76. The number of rotatable bonds is 7. The summed E-state index contributed by atoms with van der Waals surface area (Å²) in [6.45, 7) is 8.12. The number of piperidine rings is 2. The summed E-state index contributed by atoms with van der Waals surface area (Å²) < 4.78 is 0. The Bertz CT molecular complexity index is 377. The summed E-state index contributed by atoms with van der Waals surface area (Å²) in [5, 5.41) is 15.0. The molecule has 0 aliphatic carbocycles. The summed E-state index contributed by atoms with van der Waals surface area (Å²) in [6, 6.07) is -0.0740. The first-order chi connectivity index (χ1) is 11.6. The summed E-state index contributed by atoms with van der Waals surface area (Å²) in [5.41, 5.74) is 0.126. The van der Waals surface area contributed by atoms with E-state index in [0.717, 1.165) is 38.9 Å². The molecular weight excluding hydrogens is 304 g/mol. The zero-order valence-electron chi connectivity index (χ0n) is 15.5. The van der Waals surface area contributed by atoms with Crippen molar-refractivity contribution in [1.29, 1.82) is 0 Å². The molecule has 6 heteroatoms. The van der Waals surface area contributed by atoms with Crippen LogP contribution in [0.25, 0.3) is 0 Å². The van der Waals surface area contributed by atoms with E-state index in [1.807, 2.05) is 6.92 Å². The van der Waals surface area contributed by atoms with Gasteiger partial charge in [0.05, 0.1) is 0 Å². The Morgan fingerprint density at radius 2 is 1.79 bits per heavy atom. The molecule has 0 saturated carbocycles. The number of likely N-dealkylation sites (tertiary alicyclic amines) is 2. The molecule has 24 heavy (non-hydrogen) atoms. The monoisotopic (exact) mass is 340 g/mol. The van der Waals surface area contributed by atoms with Crippen molar-refractivity contribution >= 4 is 6.03 Å². The lowest BCUT2D eigenvalue weighted by Crippen LogP contribution is -2.62. The molecule has 2 saturated heterocycles. The van der Waals surface area contributed by atoms with Crippen LogP contribution in [-0.2, 0) is 0 Å². The topological polar surface area (TPSA) is 67.8 Å². The number of hydrogen-bond donors (Lipinski definition) is 3. The highest BCUT2D eigenvalue weighted by Gasteiger charge is 2.39.